The van der Waals surface area contributed by atoms with Crippen LogP contribution in [0.15, 0.2) is 100 Å². The molecule has 0 aliphatic carbocycles. The highest BCUT2D eigenvalue weighted by atomic mass is 35.5. The number of methoxy groups -OCH3 is 1. The molecule has 0 unspecified atom stereocenters. The Balaban J connectivity index is 1.50. The minimum atomic E-state index is -0.797. The van der Waals surface area contributed by atoms with Gasteiger partial charge in [0.05, 0.1) is 36.5 Å². The fourth-order valence-corrected chi connectivity index (χ4v) is 6.49. The molecule has 5 aromatic rings. The maximum Gasteiger partial charge on any atom is 0.337 e. The predicted molar refractivity (Wildman–Crippen MR) is 180 cm³/mol. The number of esters is 1. The Hall–Kier alpha value is -4.86. The number of thiazole rings is 1. The lowest BCUT2D eigenvalue weighted by molar-refractivity contribution is -0.136. The van der Waals surface area contributed by atoms with E-state index in [4.69, 9.17) is 30.5 Å². The number of benzene rings is 4. The van der Waals surface area contributed by atoms with E-state index in [9.17, 15) is 9.59 Å². The van der Waals surface area contributed by atoms with Gasteiger partial charge in [0.2, 0.25) is 0 Å². The Labute approximate surface area is 274 Å². The van der Waals surface area contributed by atoms with E-state index in [1.54, 1.807) is 12.1 Å². The second kappa shape index (κ2) is 13.6. The van der Waals surface area contributed by atoms with Gasteiger partial charge in [-0.25, -0.2) is 9.79 Å². The molecule has 0 bridgehead atoms. The molecular weight excluding hydrogens is 624 g/mol. The summed E-state index contributed by atoms with van der Waals surface area (Å²) in [5, 5.41) is 2.59. The highest BCUT2D eigenvalue weighted by Gasteiger charge is 2.31. The second-order valence-corrected chi connectivity index (χ2v) is 11.8. The third-order valence-electron chi connectivity index (χ3n) is 7.52. The van der Waals surface area contributed by atoms with Gasteiger partial charge >= 0.3 is 5.97 Å². The van der Waals surface area contributed by atoms with Gasteiger partial charge in [-0.05, 0) is 72.2 Å². The van der Waals surface area contributed by atoms with Crippen molar-refractivity contribution in [3.63, 3.8) is 0 Å². The molecule has 0 amide bonds. The first kappa shape index (κ1) is 31.1. The number of hydrogen-bond donors (Lipinski definition) is 0. The van der Waals surface area contributed by atoms with Crippen LogP contribution >= 0.6 is 22.9 Å². The molecule has 234 valence electrons. The van der Waals surface area contributed by atoms with Crippen LogP contribution in [0.4, 0.5) is 0 Å². The Kier molecular flexibility index (Phi) is 9.23. The number of carbonyl (C=O) groups excluding carboxylic acids is 1. The zero-order valence-electron chi connectivity index (χ0n) is 25.5. The van der Waals surface area contributed by atoms with Crippen molar-refractivity contribution in [1.29, 1.82) is 0 Å². The summed E-state index contributed by atoms with van der Waals surface area (Å²) >= 11 is 7.31. The number of hydrogen-bond acceptors (Lipinski definition) is 8. The van der Waals surface area contributed by atoms with Gasteiger partial charge < -0.3 is 18.9 Å². The Morgan fingerprint density at radius 2 is 1.67 bits per heavy atom. The molecule has 8 nitrogen and oxygen atoms in total. The van der Waals surface area contributed by atoms with Crippen molar-refractivity contribution in [2.24, 2.45) is 4.99 Å². The van der Waals surface area contributed by atoms with Crippen LogP contribution in [0.2, 0.25) is 5.02 Å². The van der Waals surface area contributed by atoms with Crippen molar-refractivity contribution < 1.29 is 23.7 Å². The molecule has 1 aliphatic heterocycles. The van der Waals surface area contributed by atoms with E-state index in [1.165, 1.54) is 29.2 Å². The summed E-state index contributed by atoms with van der Waals surface area (Å²) in [7, 11) is 1.31. The Morgan fingerprint density at radius 1 is 0.935 bits per heavy atom. The van der Waals surface area contributed by atoms with Crippen molar-refractivity contribution in [1.82, 2.24) is 4.57 Å². The van der Waals surface area contributed by atoms with Crippen molar-refractivity contribution in [2.75, 3.05) is 20.3 Å². The number of aromatic nitrogens is 1. The van der Waals surface area contributed by atoms with Gasteiger partial charge in [-0.2, -0.15) is 0 Å². The molecule has 46 heavy (non-hydrogen) atoms. The molecule has 0 saturated carbocycles. The number of rotatable bonds is 10. The third-order valence-corrected chi connectivity index (χ3v) is 8.77. The van der Waals surface area contributed by atoms with Crippen LogP contribution in [0.5, 0.6) is 17.2 Å². The van der Waals surface area contributed by atoms with Gasteiger partial charge in [0.25, 0.3) is 5.56 Å². The van der Waals surface area contributed by atoms with Gasteiger partial charge in [-0.1, -0.05) is 71.5 Å². The van der Waals surface area contributed by atoms with Crippen LogP contribution in [-0.4, -0.2) is 30.9 Å². The maximum atomic E-state index is 14.3. The molecular formula is C36H31ClN2O6S. The minimum Gasteiger partial charge on any atom is -0.490 e. The van der Waals surface area contributed by atoms with Crippen molar-refractivity contribution in [2.45, 2.75) is 26.5 Å². The largest absolute Gasteiger partial charge is 0.490 e. The number of halogens is 1. The van der Waals surface area contributed by atoms with Crippen molar-refractivity contribution >= 4 is 45.8 Å². The summed E-state index contributed by atoms with van der Waals surface area (Å²) in [6.07, 6.45) is 3.31. The van der Waals surface area contributed by atoms with Crippen LogP contribution < -0.4 is 29.1 Å². The highest BCUT2D eigenvalue weighted by molar-refractivity contribution is 7.07. The lowest BCUT2D eigenvalue weighted by atomic mass is 9.97. The molecule has 1 aromatic heterocycles. The summed E-state index contributed by atoms with van der Waals surface area (Å²) in [5.41, 5.74) is 2.31. The fourth-order valence-electron chi connectivity index (χ4n) is 5.41. The lowest BCUT2D eigenvalue weighted by Crippen LogP contribution is -2.39. The summed E-state index contributed by atoms with van der Waals surface area (Å²) in [5.74, 6) is 1.13. The predicted octanol–water partition coefficient (Wildman–Crippen LogP) is 6.20. The lowest BCUT2D eigenvalue weighted by Gasteiger charge is -2.23. The van der Waals surface area contributed by atoms with Crippen molar-refractivity contribution in [3.8, 4) is 17.2 Å². The molecule has 0 fully saturated rings. The first-order valence-corrected chi connectivity index (χ1v) is 16.0. The molecule has 6 rings (SSSR count). The maximum absolute atomic E-state index is 14.3. The smallest absolute Gasteiger partial charge is 0.337 e. The summed E-state index contributed by atoms with van der Waals surface area (Å²) in [4.78, 5) is 32.3. The van der Waals surface area contributed by atoms with E-state index in [-0.39, 0.29) is 11.1 Å². The van der Waals surface area contributed by atoms with Crippen molar-refractivity contribution in [3.05, 3.63) is 132 Å². The monoisotopic (exact) mass is 654 g/mol. The zero-order valence-corrected chi connectivity index (χ0v) is 27.1. The zero-order chi connectivity index (χ0) is 32.2. The van der Waals surface area contributed by atoms with E-state index < -0.39 is 12.0 Å². The highest BCUT2D eigenvalue weighted by Crippen LogP contribution is 2.35. The SMILES string of the molecule is CCOc1ccc([C@H]2C(C(=O)OC)=CN=c3s/c(=C/c4c(OCc5ccc(Cl)cc5)ccc5ccccc45)c(=O)n32)cc1OCC. The van der Waals surface area contributed by atoms with E-state index >= 15 is 0 Å². The molecule has 0 saturated heterocycles. The molecule has 0 N–H and O–H groups in total. The number of ether oxygens (including phenoxy) is 4. The molecule has 1 atom stereocenters. The van der Waals surface area contributed by atoms with Gasteiger partial charge in [0.1, 0.15) is 12.4 Å². The number of fused-ring (bicyclic) bond motifs is 2. The van der Waals surface area contributed by atoms with E-state index in [2.05, 4.69) is 4.99 Å². The topological polar surface area (TPSA) is 88.4 Å². The van der Waals surface area contributed by atoms with Gasteiger partial charge in [0, 0.05) is 16.8 Å². The van der Waals surface area contributed by atoms with Crippen LogP contribution in [0, 0.1) is 0 Å². The van der Waals surface area contributed by atoms with Crippen LogP contribution in [0.3, 0.4) is 0 Å². The van der Waals surface area contributed by atoms with Gasteiger partial charge in [-0.3, -0.25) is 9.36 Å². The Bertz CT molecular complexity index is 2140. The average molecular weight is 655 g/mol. The molecule has 0 radical (unpaired) electrons. The standard InChI is InChI=1S/C36H31ClN2O6S/c1-4-43-30-17-13-24(18-31(30)44-5-2)33-28(35(41)42-3)20-38-36-39(33)34(40)32(46-36)19-27-26-9-7-6-8-23(26)12-16-29(27)45-21-22-10-14-25(37)15-11-22/h6-20,33H,4-5,21H2,1-3H3/b32-19+/t33-/m0/s1. The number of nitrogens with zero attached hydrogens (tertiary/aromatic N) is 2. The molecule has 2 heterocycles. The van der Waals surface area contributed by atoms with Gasteiger partial charge in [0.15, 0.2) is 16.3 Å². The molecule has 0 spiro atoms. The summed E-state index contributed by atoms with van der Waals surface area (Å²) in [6, 6.07) is 23.9. The second-order valence-electron chi connectivity index (χ2n) is 10.4. The summed E-state index contributed by atoms with van der Waals surface area (Å²) in [6.45, 7) is 4.97. The molecule has 1 aliphatic rings. The Morgan fingerprint density at radius 3 is 2.43 bits per heavy atom. The first-order valence-electron chi connectivity index (χ1n) is 14.8. The average Bonchev–Trinajstić information content (AvgIpc) is 3.39. The van der Waals surface area contributed by atoms with E-state index in [0.717, 1.165) is 21.9 Å². The minimum absolute atomic E-state index is 0.227. The van der Waals surface area contributed by atoms with Crippen LogP contribution in [0.25, 0.3) is 16.8 Å². The van der Waals surface area contributed by atoms with Crippen LogP contribution in [-0.2, 0) is 16.1 Å². The normalized spacial score (nSPS) is 14.3. The fraction of sp³-hybridized carbons (Fsp3) is 0.194. The van der Waals surface area contributed by atoms with E-state index in [0.29, 0.717) is 57.0 Å². The summed E-state index contributed by atoms with van der Waals surface area (Å²) < 4.78 is 25.0. The first-order chi connectivity index (χ1) is 22.4. The quantitative estimate of drug-likeness (QED) is 0.167. The third kappa shape index (κ3) is 6.16. The van der Waals surface area contributed by atoms with Crippen LogP contribution in [0.1, 0.15) is 36.6 Å². The number of carbonyl (C=O) groups is 1. The molecule has 10 heteroatoms. The van der Waals surface area contributed by atoms with Gasteiger partial charge in [-0.15, -0.1) is 0 Å². The molecule has 4 aromatic carbocycles. The van der Waals surface area contributed by atoms with E-state index in [1.807, 2.05) is 86.7 Å².